The summed E-state index contributed by atoms with van der Waals surface area (Å²) in [6, 6.07) is 4.09. The summed E-state index contributed by atoms with van der Waals surface area (Å²) in [6.07, 6.45) is 3.32. The molecule has 0 bridgehead atoms. The van der Waals surface area contributed by atoms with E-state index in [-0.39, 0.29) is 22.7 Å². The molecule has 24 heavy (non-hydrogen) atoms. The zero-order valence-corrected chi connectivity index (χ0v) is 14.5. The summed E-state index contributed by atoms with van der Waals surface area (Å²) in [5.41, 5.74) is 6.19. The van der Waals surface area contributed by atoms with E-state index in [1.54, 1.807) is 6.92 Å². The molecule has 2 aromatic rings. The summed E-state index contributed by atoms with van der Waals surface area (Å²) in [5.74, 6) is -0.283. The van der Waals surface area contributed by atoms with Crippen LogP contribution in [0.25, 0.3) is 0 Å². The minimum atomic E-state index is -0.591. The summed E-state index contributed by atoms with van der Waals surface area (Å²) in [5, 5.41) is 14.9. The second-order valence-electron chi connectivity index (χ2n) is 5.43. The Balaban J connectivity index is 2.19. The monoisotopic (exact) mass is 348 g/mol. The lowest BCUT2D eigenvalue weighted by molar-refractivity contribution is -0.383. The van der Waals surface area contributed by atoms with Gasteiger partial charge in [0, 0.05) is 18.2 Å². The van der Waals surface area contributed by atoms with Gasteiger partial charge in [-0.3, -0.25) is 14.9 Å². The number of nitrogens with one attached hydrogen (secondary N) is 1. The molecule has 8 heteroatoms. The van der Waals surface area contributed by atoms with Crippen LogP contribution in [-0.4, -0.2) is 22.2 Å². The fraction of sp³-hybridized carbons (Fsp3) is 0.375. The van der Waals surface area contributed by atoms with Crippen LogP contribution in [0.2, 0.25) is 0 Å². The number of unbranched alkanes of at least 4 members (excludes halogenated alkanes) is 2. The number of nitro benzene ring substituents is 1. The predicted molar refractivity (Wildman–Crippen MR) is 95.8 cm³/mol. The van der Waals surface area contributed by atoms with Gasteiger partial charge >= 0.3 is 0 Å². The fourth-order valence-corrected chi connectivity index (χ4v) is 3.18. The molecule has 0 saturated carbocycles. The zero-order chi connectivity index (χ0) is 17.7. The third-order valence-electron chi connectivity index (χ3n) is 3.55. The number of aromatic nitrogens is 1. The van der Waals surface area contributed by atoms with E-state index >= 15 is 0 Å². The minimum Gasteiger partial charge on any atom is -0.393 e. The predicted octanol–water partition coefficient (Wildman–Crippen LogP) is 3.78. The van der Waals surface area contributed by atoms with Crippen LogP contribution in [0.1, 0.15) is 47.1 Å². The van der Waals surface area contributed by atoms with Crippen molar-refractivity contribution in [3.05, 3.63) is 44.4 Å². The molecule has 0 aliphatic heterocycles. The summed E-state index contributed by atoms with van der Waals surface area (Å²) < 4.78 is 0. The van der Waals surface area contributed by atoms with Crippen LogP contribution in [0.15, 0.2) is 18.2 Å². The van der Waals surface area contributed by atoms with Crippen molar-refractivity contribution in [2.75, 3.05) is 17.6 Å². The molecule has 0 amide bonds. The van der Waals surface area contributed by atoms with Crippen molar-refractivity contribution in [3.8, 4) is 0 Å². The Morgan fingerprint density at radius 1 is 1.42 bits per heavy atom. The van der Waals surface area contributed by atoms with Crippen LogP contribution in [0.5, 0.6) is 0 Å². The molecule has 2 rings (SSSR count). The number of hydrogen-bond acceptors (Lipinski definition) is 7. The van der Waals surface area contributed by atoms with Crippen molar-refractivity contribution in [1.29, 1.82) is 0 Å². The summed E-state index contributed by atoms with van der Waals surface area (Å²) in [7, 11) is 0. The highest BCUT2D eigenvalue weighted by molar-refractivity contribution is 7.17. The molecule has 0 aliphatic rings. The normalized spacial score (nSPS) is 10.6. The number of carbonyl (C=O) groups excluding carboxylic acids is 1. The van der Waals surface area contributed by atoms with Gasteiger partial charge in [0.1, 0.15) is 5.69 Å². The maximum Gasteiger partial charge on any atom is 0.292 e. The summed E-state index contributed by atoms with van der Waals surface area (Å²) in [6.45, 7) is 4.70. The van der Waals surface area contributed by atoms with Crippen LogP contribution >= 0.6 is 11.3 Å². The smallest absolute Gasteiger partial charge is 0.292 e. The summed E-state index contributed by atoms with van der Waals surface area (Å²) >= 11 is 1.27. The average molecular weight is 348 g/mol. The van der Waals surface area contributed by atoms with E-state index < -0.39 is 4.92 Å². The van der Waals surface area contributed by atoms with Gasteiger partial charge in [-0.2, -0.15) is 0 Å². The highest BCUT2D eigenvalue weighted by Crippen LogP contribution is 2.28. The van der Waals surface area contributed by atoms with Crippen LogP contribution in [0, 0.1) is 17.0 Å². The Labute approximate surface area is 144 Å². The first-order chi connectivity index (χ1) is 11.4. The highest BCUT2D eigenvalue weighted by atomic mass is 32.1. The van der Waals surface area contributed by atoms with Gasteiger partial charge in [-0.15, -0.1) is 0 Å². The average Bonchev–Trinajstić information content (AvgIpc) is 2.92. The van der Waals surface area contributed by atoms with E-state index in [4.69, 9.17) is 5.73 Å². The second kappa shape index (κ2) is 7.87. The molecule has 7 nitrogen and oxygen atoms in total. The van der Waals surface area contributed by atoms with Crippen molar-refractivity contribution < 1.29 is 9.72 Å². The number of hydrogen-bond donors (Lipinski definition) is 2. The molecule has 128 valence electrons. The molecule has 0 radical (unpaired) electrons. The van der Waals surface area contributed by atoms with Crippen molar-refractivity contribution in [2.45, 2.75) is 33.1 Å². The lowest BCUT2D eigenvalue weighted by Crippen LogP contribution is -2.03. The van der Waals surface area contributed by atoms with E-state index in [0.717, 1.165) is 25.8 Å². The fourth-order valence-electron chi connectivity index (χ4n) is 2.23. The van der Waals surface area contributed by atoms with Gasteiger partial charge in [-0.25, -0.2) is 4.98 Å². The number of aryl methyl sites for hydroxylation is 1. The van der Waals surface area contributed by atoms with Crippen LogP contribution in [0.4, 0.5) is 16.5 Å². The molecule has 3 N–H and O–H groups in total. The Kier molecular flexibility index (Phi) is 5.86. The Morgan fingerprint density at radius 2 is 2.17 bits per heavy atom. The van der Waals surface area contributed by atoms with Gasteiger partial charge in [0.05, 0.1) is 15.5 Å². The molecule has 0 unspecified atom stereocenters. The molecular formula is C16H20N4O3S. The largest absolute Gasteiger partial charge is 0.393 e. The number of rotatable bonds is 8. The van der Waals surface area contributed by atoms with Crippen LogP contribution in [-0.2, 0) is 0 Å². The number of ketones is 1. The Morgan fingerprint density at radius 3 is 2.83 bits per heavy atom. The first-order valence-electron chi connectivity index (χ1n) is 7.74. The van der Waals surface area contributed by atoms with Gasteiger partial charge in [0.25, 0.3) is 5.69 Å². The summed E-state index contributed by atoms with van der Waals surface area (Å²) in [4.78, 5) is 27.8. The van der Waals surface area contributed by atoms with Gasteiger partial charge in [-0.05, 0) is 25.5 Å². The van der Waals surface area contributed by atoms with Crippen molar-refractivity contribution in [2.24, 2.45) is 0 Å². The number of anilines is 2. The number of benzene rings is 1. The third kappa shape index (κ3) is 4.08. The van der Waals surface area contributed by atoms with Gasteiger partial charge in [0.15, 0.2) is 5.13 Å². The first kappa shape index (κ1) is 17.9. The SMILES string of the molecule is CCCCCNc1nc(C)c(C(=O)c2ccc(N)c([N+](=O)[O-])c2)s1. The van der Waals surface area contributed by atoms with Crippen LogP contribution in [0.3, 0.4) is 0 Å². The van der Waals surface area contributed by atoms with E-state index in [0.29, 0.717) is 15.7 Å². The molecule has 0 fully saturated rings. The van der Waals surface area contributed by atoms with E-state index in [9.17, 15) is 14.9 Å². The lowest BCUT2D eigenvalue weighted by atomic mass is 10.1. The topological polar surface area (TPSA) is 111 Å². The minimum absolute atomic E-state index is 0.0378. The van der Waals surface area contributed by atoms with E-state index in [1.807, 2.05) is 0 Å². The van der Waals surface area contributed by atoms with Gasteiger partial charge in [0.2, 0.25) is 5.78 Å². The molecule has 0 atom stereocenters. The molecule has 1 aromatic heterocycles. The number of nitrogen functional groups attached to an aromatic ring is 1. The Hall–Kier alpha value is -2.48. The van der Waals surface area contributed by atoms with Crippen molar-refractivity contribution in [3.63, 3.8) is 0 Å². The lowest BCUT2D eigenvalue weighted by Gasteiger charge is -2.02. The number of nitrogens with two attached hydrogens (primary N) is 1. The molecule has 1 aromatic carbocycles. The number of carbonyl (C=O) groups is 1. The molecule has 0 aliphatic carbocycles. The molecular weight excluding hydrogens is 328 g/mol. The maximum absolute atomic E-state index is 12.6. The van der Waals surface area contributed by atoms with Gasteiger partial charge in [-0.1, -0.05) is 31.1 Å². The first-order valence-corrected chi connectivity index (χ1v) is 8.55. The molecule has 0 saturated heterocycles. The molecule has 0 spiro atoms. The van der Waals surface area contributed by atoms with Crippen LogP contribution < -0.4 is 11.1 Å². The van der Waals surface area contributed by atoms with Crippen molar-refractivity contribution >= 4 is 33.6 Å². The standard InChI is InChI=1S/C16H20N4O3S/c1-3-4-5-8-18-16-19-10(2)15(24-16)14(21)11-6-7-12(17)13(9-11)20(22)23/h6-7,9H,3-5,8,17H2,1-2H3,(H,18,19). The van der Waals surface area contributed by atoms with Gasteiger partial charge < -0.3 is 11.1 Å². The number of nitrogens with zero attached hydrogens (tertiary/aromatic N) is 2. The number of thiazole rings is 1. The maximum atomic E-state index is 12.6. The Bertz CT molecular complexity index is 758. The van der Waals surface area contributed by atoms with E-state index in [2.05, 4.69) is 17.2 Å². The number of nitro groups is 1. The highest BCUT2D eigenvalue weighted by Gasteiger charge is 2.20. The van der Waals surface area contributed by atoms with Crippen molar-refractivity contribution in [1.82, 2.24) is 4.98 Å². The second-order valence-corrected chi connectivity index (χ2v) is 6.43. The quantitative estimate of drug-likeness (QED) is 0.247. The molecule has 1 heterocycles. The third-order valence-corrected chi connectivity index (χ3v) is 4.66. The zero-order valence-electron chi connectivity index (χ0n) is 13.7. The van der Waals surface area contributed by atoms with E-state index in [1.165, 1.54) is 29.5 Å².